The molecule has 498 valence electrons. The highest BCUT2D eigenvalue weighted by Crippen LogP contribution is 2.19. The van der Waals surface area contributed by atoms with Crippen LogP contribution in [0.1, 0.15) is 328 Å². The maximum atomic E-state index is 12.9. The topological polar surface area (TPSA) is 108 Å². The lowest BCUT2D eigenvalue weighted by Gasteiger charge is -2.25. The summed E-state index contributed by atoms with van der Waals surface area (Å²) in [4.78, 5) is 37.6. The summed E-state index contributed by atoms with van der Waals surface area (Å²) in [6, 6.07) is 0. The van der Waals surface area contributed by atoms with E-state index in [0.717, 1.165) is 70.6 Å². The molecule has 0 aromatic rings. The largest absolute Gasteiger partial charge is 0.477 e. The maximum absolute atomic E-state index is 12.9. The smallest absolute Gasteiger partial charge is 0.361 e. The Morgan fingerprint density at radius 1 is 0.360 bits per heavy atom. The number of likely N-dealkylation sites (N-methyl/N-ethyl adjacent to an activating group) is 1. The zero-order valence-electron chi connectivity index (χ0n) is 57.0. The minimum atomic E-state index is -1.53. The van der Waals surface area contributed by atoms with Gasteiger partial charge in [0, 0.05) is 12.8 Å². The van der Waals surface area contributed by atoms with Crippen molar-refractivity contribution in [2.45, 2.75) is 341 Å². The number of unbranched alkanes of at least 4 members (excludes halogenated alkanes) is 38. The number of aliphatic carboxylic acids is 1. The molecule has 0 amide bonds. The van der Waals surface area contributed by atoms with Gasteiger partial charge in [0.25, 0.3) is 6.29 Å². The van der Waals surface area contributed by atoms with Crippen LogP contribution in [0.4, 0.5) is 0 Å². The molecule has 9 heteroatoms. The Morgan fingerprint density at radius 3 is 0.977 bits per heavy atom. The molecule has 0 aromatic heterocycles. The van der Waals surface area contributed by atoms with Gasteiger partial charge in [0.2, 0.25) is 0 Å². The first-order chi connectivity index (χ1) is 42.1. The number of quaternary nitrogens is 1. The molecule has 0 heterocycles. The molecule has 0 aromatic carbocycles. The SMILES string of the molecule is CC/C=C\C/C=C\C/C=C\C/C=C\C/C=C\C/C=C\C/C=C\CCCC(=O)OC(COC(=O)CCCCCCCCCCCCCCCCCCCCCCCCCCCCCCCCCCCCCCCC)COC(OCC[N+](C)(C)C)C(=O)O. The fourth-order valence-corrected chi connectivity index (χ4v) is 10.4. The fourth-order valence-electron chi connectivity index (χ4n) is 10.4. The molecular formula is C77H138NO8+. The maximum Gasteiger partial charge on any atom is 0.361 e. The molecule has 86 heavy (non-hydrogen) atoms. The molecule has 9 nitrogen and oxygen atoms in total. The van der Waals surface area contributed by atoms with Gasteiger partial charge in [-0.15, -0.1) is 0 Å². The first-order valence-electron chi connectivity index (χ1n) is 36.3. The van der Waals surface area contributed by atoms with Crippen molar-refractivity contribution < 1.29 is 42.9 Å². The zero-order valence-corrected chi connectivity index (χ0v) is 57.0. The summed E-state index contributed by atoms with van der Waals surface area (Å²) in [7, 11) is 5.96. The number of ether oxygens (including phenoxy) is 4. The number of carbonyl (C=O) groups excluding carboxylic acids is 2. The second-order valence-corrected chi connectivity index (χ2v) is 25.5. The standard InChI is InChI=1S/C77H137NO8/c1-6-8-10-12-14-16-18-20-22-24-26-28-30-31-32-33-34-35-36-37-38-39-40-41-42-43-44-46-47-49-51-53-55-57-59-61-63-65-67-74(79)84-71-73(72-85-77(76(81)82)83-70-69-78(3,4)5)86-75(80)68-66-64-62-60-58-56-54-52-50-48-45-29-27-25-23-21-19-17-15-13-11-9-7-2/h9,11,15,17,21,23,27,29,48,50,54,56,60,62,73,77H,6-8,10,12-14,16,18-20,22,24-26,28,30-47,49,51-53,55,57-59,61,63-72H2,1-5H3/p+1/b11-9-,17-15-,23-21-,29-27-,50-48-,56-54-,62-60-. The Hall–Kier alpha value is -3.53. The minimum Gasteiger partial charge on any atom is -0.477 e. The van der Waals surface area contributed by atoms with E-state index >= 15 is 0 Å². The Labute approximate surface area is 531 Å². The monoisotopic (exact) mass is 1210 g/mol. The summed E-state index contributed by atoms with van der Waals surface area (Å²) in [5.41, 5.74) is 0. The van der Waals surface area contributed by atoms with Crippen molar-refractivity contribution in [1.82, 2.24) is 0 Å². The van der Waals surface area contributed by atoms with Crippen LogP contribution in [-0.4, -0.2) is 87.4 Å². The van der Waals surface area contributed by atoms with Gasteiger partial charge in [-0.1, -0.05) is 336 Å². The first kappa shape index (κ1) is 82.5. The highest BCUT2D eigenvalue weighted by Gasteiger charge is 2.25. The average molecular weight is 1210 g/mol. The molecule has 1 N–H and O–H groups in total. The van der Waals surface area contributed by atoms with Gasteiger partial charge in [-0.25, -0.2) is 4.79 Å². The van der Waals surface area contributed by atoms with E-state index in [1.807, 2.05) is 21.1 Å². The molecule has 0 radical (unpaired) electrons. The molecule has 0 aliphatic carbocycles. The van der Waals surface area contributed by atoms with Crippen molar-refractivity contribution in [3.05, 3.63) is 85.1 Å². The molecule has 0 spiro atoms. The fraction of sp³-hybridized carbons (Fsp3) is 0.779. The van der Waals surface area contributed by atoms with Crippen LogP contribution < -0.4 is 0 Å². The quantitative estimate of drug-likeness (QED) is 0.0211. The molecule has 0 aliphatic heterocycles. The van der Waals surface area contributed by atoms with Gasteiger partial charge in [-0.2, -0.15) is 0 Å². The van der Waals surface area contributed by atoms with E-state index in [9.17, 15) is 19.5 Å². The third kappa shape index (κ3) is 68.0. The number of carbonyl (C=O) groups is 3. The van der Waals surface area contributed by atoms with E-state index in [0.29, 0.717) is 17.4 Å². The van der Waals surface area contributed by atoms with Gasteiger partial charge in [0.05, 0.1) is 34.4 Å². The number of esters is 2. The average Bonchev–Trinajstić information content (AvgIpc) is 3.64. The van der Waals surface area contributed by atoms with Crippen LogP contribution in [0, 0.1) is 0 Å². The van der Waals surface area contributed by atoms with Crippen LogP contribution in [0.25, 0.3) is 0 Å². The third-order valence-electron chi connectivity index (χ3n) is 15.9. The summed E-state index contributed by atoms with van der Waals surface area (Å²) in [6.07, 6.45) is 88.9. The van der Waals surface area contributed by atoms with Gasteiger partial charge in [0.15, 0.2) is 6.10 Å². The number of rotatable bonds is 67. The van der Waals surface area contributed by atoms with Crippen molar-refractivity contribution >= 4 is 17.9 Å². The summed E-state index contributed by atoms with van der Waals surface area (Å²) in [6.45, 7) is 4.73. The van der Waals surface area contributed by atoms with Crippen LogP contribution in [0.2, 0.25) is 0 Å². The number of nitrogens with zero attached hydrogens (tertiary/aromatic N) is 1. The van der Waals surface area contributed by atoms with Crippen molar-refractivity contribution in [2.75, 3.05) is 47.5 Å². The lowest BCUT2D eigenvalue weighted by Crippen LogP contribution is -2.40. The van der Waals surface area contributed by atoms with Crippen LogP contribution in [-0.2, 0) is 33.3 Å². The van der Waals surface area contributed by atoms with E-state index < -0.39 is 24.3 Å². The summed E-state index contributed by atoms with van der Waals surface area (Å²) < 4.78 is 22.9. The third-order valence-corrected chi connectivity index (χ3v) is 15.9. The zero-order chi connectivity index (χ0) is 62.6. The van der Waals surface area contributed by atoms with Crippen molar-refractivity contribution in [3.8, 4) is 0 Å². The molecular weight excluding hydrogens is 1070 g/mol. The van der Waals surface area contributed by atoms with Crippen LogP contribution in [0.5, 0.6) is 0 Å². The van der Waals surface area contributed by atoms with Crippen molar-refractivity contribution in [2.24, 2.45) is 0 Å². The molecule has 0 fully saturated rings. The molecule has 2 unspecified atom stereocenters. The van der Waals surface area contributed by atoms with E-state index in [1.165, 1.54) is 225 Å². The van der Waals surface area contributed by atoms with Gasteiger partial charge in [0.1, 0.15) is 13.2 Å². The summed E-state index contributed by atoms with van der Waals surface area (Å²) >= 11 is 0. The van der Waals surface area contributed by atoms with Gasteiger partial charge in [-0.3, -0.25) is 9.59 Å². The highest BCUT2D eigenvalue weighted by atomic mass is 16.7. The Balaban J connectivity index is 4.05. The van der Waals surface area contributed by atoms with Gasteiger partial charge in [-0.05, 0) is 64.2 Å². The molecule has 0 bridgehead atoms. The molecule has 0 saturated heterocycles. The lowest BCUT2D eigenvalue weighted by atomic mass is 10.0. The minimum absolute atomic E-state index is 0.174. The highest BCUT2D eigenvalue weighted by molar-refractivity contribution is 5.71. The lowest BCUT2D eigenvalue weighted by molar-refractivity contribution is -0.870. The van der Waals surface area contributed by atoms with Crippen molar-refractivity contribution in [1.29, 1.82) is 0 Å². The van der Waals surface area contributed by atoms with Crippen LogP contribution in [0.3, 0.4) is 0 Å². The predicted octanol–water partition coefficient (Wildman–Crippen LogP) is 22.6. The number of hydrogen-bond donors (Lipinski definition) is 1. The number of allylic oxidation sites excluding steroid dienone is 14. The van der Waals surface area contributed by atoms with Gasteiger partial charge >= 0.3 is 17.9 Å². The van der Waals surface area contributed by atoms with E-state index in [4.69, 9.17) is 18.9 Å². The van der Waals surface area contributed by atoms with Gasteiger partial charge < -0.3 is 28.5 Å². The number of carboxylic acid groups (broad SMARTS) is 1. The summed E-state index contributed by atoms with van der Waals surface area (Å²) in [5.74, 6) is -2.08. The Morgan fingerprint density at radius 2 is 0.663 bits per heavy atom. The Kier molecular flexibility index (Phi) is 64.6. The van der Waals surface area contributed by atoms with E-state index in [2.05, 4.69) is 98.9 Å². The second-order valence-electron chi connectivity index (χ2n) is 25.5. The van der Waals surface area contributed by atoms with E-state index in [1.54, 1.807) is 0 Å². The molecule has 2 atom stereocenters. The first-order valence-corrected chi connectivity index (χ1v) is 36.3. The predicted molar refractivity (Wildman–Crippen MR) is 369 cm³/mol. The second kappa shape index (κ2) is 67.4. The number of hydrogen-bond acceptors (Lipinski definition) is 7. The van der Waals surface area contributed by atoms with Crippen LogP contribution in [0.15, 0.2) is 85.1 Å². The Bertz CT molecular complexity index is 1690. The number of carboxylic acids is 1. The normalized spacial score (nSPS) is 13.2. The van der Waals surface area contributed by atoms with Crippen molar-refractivity contribution in [3.63, 3.8) is 0 Å². The van der Waals surface area contributed by atoms with Crippen LogP contribution >= 0.6 is 0 Å². The summed E-state index contributed by atoms with van der Waals surface area (Å²) in [5, 5.41) is 9.73. The molecule has 0 aliphatic rings. The van der Waals surface area contributed by atoms with E-state index in [-0.39, 0.29) is 38.6 Å². The molecule has 0 rings (SSSR count). The molecule has 0 saturated carbocycles.